The summed E-state index contributed by atoms with van der Waals surface area (Å²) in [6, 6.07) is 13.8. The van der Waals surface area contributed by atoms with Gasteiger partial charge in [0.05, 0.1) is 12.7 Å². The van der Waals surface area contributed by atoms with E-state index < -0.39 is 0 Å². The van der Waals surface area contributed by atoms with Crippen molar-refractivity contribution < 1.29 is 9.84 Å². The van der Waals surface area contributed by atoms with Crippen LogP contribution in [0.4, 0.5) is 0 Å². The first-order chi connectivity index (χ1) is 17.4. The number of aliphatic hydroxyl groups excluding tert-OH is 1. The SMILES string of the molecule is CC.CCCOc1ccc(C(CC)(CC)c2ccc(CCC(O)C(CC)CC)c(C)c2)cc1C.O=O. The van der Waals surface area contributed by atoms with Gasteiger partial charge in [0.15, 0.2) is 0 Å². The standard InChI is InChI=1S/C30H46O2.C2H6.O2/c1-8-19-32-29-18-16-27(21-23(29)7)30(11-4,12-5)26-15-13-25(22(6)20-26)14-17-28(31)24(9-2)10-3;2*1-2/h13,15-16,18,20-21,24,28,31H,8-12,14,17,19H2,1-7H3;1-2H3;. The molecule has 2 aromatic carbocycles. The maximum absolute atomic E-state index is 10.6. The second-order valence-corrected chi connectivity index (χ2v) is 9.44. The van der Waals surface area contributed by atoms with Gasteiger partial charge < -0.3 is 9.84 Å². The molecule has 0 saturated heterocycles. The fourth-order valence-electron chi connectivity index (χ4n) is 5.20. The number of hydrogen-bond donors (Lipinski definition) is 1. The van der Waals surface area contributed by atoms with E-state index in [4.69, 9.17) is 14.7 Å². The lowest BCUT2D eigenvalue weighted by atomic mass is 9.69. The van der Waals surface area contributed by atoms with Crippen LogP contribution in [0.3, 0.4) is 0 Å². The monoisotopic (exact) mass is 500 g/mol. The van der Waals surface area contributed by atoms with Crippen LogP contribution in [0, 0.1) is 29.7 Å². The molecule has 1 N–H and O–H groups in total. The van der Waals surface area contributed by atoms with E-state index >= 15 is 0 Å². The molecule has 0 radical (unpaired) electrons. The summed E-state index contributed by atoms with van der Waals surface area (Å²) in [5.74, 6) is 1.41. The molecule has 0 aliphatic carbocycles. The Hall–Kier alpha value is -2.20. The molecule has 0 saturated carbocycles. The molecular weight excluding hydrogens is 448 g/mol. The number of benzene rings is 2. The van der Waals surface area contributed by atoms with Crippen LogP contribution in [0.15, 0.2) is 36.4 Å². The molecule has 0 aromatic heterocycles. The molecule has 0 heterocycles. The van der Waals surface area contributed by atoms with Crippen LogP contribution in [-0.4, -0.2) is 17.8 Å². The molecular formula is C32H52O4. The van der Waals surface area contributed by atoms with E-state index in [1.165, 1.54) is 27.8 Å². The third kappa shape index (κ3) is 8.73. The average molecular weight is 501 g/mol. The molecule has 2 aromatic rings. The van der Waals surface area contributed by atoms with Crippen molar-refractivity contribution in [3.05, 3.63) is 74.1 Å². The third-order valence-electron chi connectivity index (χ3n) is 7.59. The van der Waals surface area contributed by atoms with Crippen LogP contribution in [0.25, 0.3) is 0 Å². The van der Waals surface area contributed by atoms with Crippen LogP contribution in [0.2, 0.25) is 0 Å². The molecule has 4 nitrogen and oxygen atoms in total. The highest BCUT2D eigenvalue weighted by Crippen LogP contribution is 2.41. The van der Waals surface area contributed by atoms with Gasteiger partial charge in [0.1, 0.15) is 5.75 Å². The summed E-state index contributed by atoms with van der Waals surface area (Å²) in [5, 5.41) is 10.6. The van der Waals surface area contributed by atoms with Gasteiger partial charge in [-0.3, -0.25) is 0 Å². The lowest BCUT2D eigenvalue weighted by Crippen LogP contribution is -2.26. The molecule has 0 aliphatic rings. The van der Waals surface area contributed by atoms with Crippen molar-refractivity contribution in [1.82, 2.24) is 0 Å². The van der Waals surface area contributed by atoms with Gasteiger partial charge in [0, 0.05) is 15.3 Å². The van der Waals surface area contributed by atoms with Crippen molar-refractivity contribution in [3.8, 4) is 5.75 Å². The Bertz CT molecular complexity index is 853. The Morgan fingerprint density at radius 2 is 1.36 bits per heavy atom. The summed E-state index contributed by atoms with van der Waals surface area (Å²) >= 11 is 0. The zero-order valence-corrected chi connectivity index (χ0v) is 24.4. The van der Waals surface area contributed by atoms with Crippen molar-refractivity contribution in [2.24, 2.45) is 5.92 Å². The minimum atomic E-state index is -0.203. The number of hydrogen-bond acceptors (Lipinski definition) is 4. The summed E-state index contributed by atoms with van der Waals surface area (Å²) in [7, 11) is 0. The Kier molecular flexibility index (Phi) is 17.0. The van der Waals surface area contributed by atoms with Crippen molar-refractivity contribution in [1.29, 1.82) is 0 Å². The molecule has 0 fully saturated rings. The third-order valence-corrected chi connectivity index (χ3v) is 7.59. The predicted molar refractivity (Wildman–Crippen MR) is 156 cm³/mol. The molecule has 2 rings (SSSR count). The van der Waals surface area contributed by atoms with E-state index in [2.05, 4.69) is 84.9 Å². The number of aryl methyl sites for hydroxylation is 3. The molecule has 204 valence electrons. The molecule has 0 amide bonds. The highest BCUT2D eigenvalue weighted by molar-refractivity contribution is 5.47. The Morgan fingerprint density at radius 1 is 0.833 bits per heavy atom. The Labute approximate surface area is 221 Å². The number of rotatable bonds is 13. The summed E-state index contributed by atoms with van der Waals surface area (Å²) in [5.41, 5.74) is 6.69. The van der Waals surface area contributed by atoms with Gasteiger partial charge in [-0.15, -0.1) is 0 Å². The van der Waals surface area contributed by atoms with Gasteiger partial charge >= 0.3 is 0 Å². The molecule has 1 atom stereocenters. The number of ether oxygens (including phenoxy) is 1. The molecule has 0 bridgehead atoms. The van der Waals surface area contributed by atoms with Crippen molar-refractivity contribution in [3.63, 3.8) is 0 Å². The fraction of sp³-hybridized carbons (Fsp3) is 0.625. The quantitative estimate of drug-likeness (QED) is 0.298. The van der Waals surface area contributed by atoms with Crippen LogP contribution >= 0.6 is 0 Å². The maximum atomic E-state index is 10.6. The highest BCUT2D eigenvalue weighted by atomic mass is 16.7. The van der Waals surface area contributed by atoms with Crippen LogP contribution in [0.5, 0.6) is 5.75 Å². The molecule has 1 unspecified atom stereocenters. The second-order valence-electron chi connectivity index (χ2n) is 9.44. The molecule has 0 aliphatic heterocycles. The summed E-state index contributed by atoms with van der Waals surface area (Å²) in [6.07, 6.45) is 6.82. The smallest absolute Gasteiger partial charge is 0.122 e. The fourth-order valence-corrected chi connectivity index (χ4v) is 5.20. The van der Waals surface area contributed by atoms with Gasteiger partial charge in [-0.05, 0) is 85.8 Å². The normalized spacial score (nSPS) is 11.8. The van der Waals surface area contributed by atoms with Gasteiger partial charge in [-0.25, -0.2) is 0 Å². The van der Waals surface area contributed by atoms with Crippen LogP contribution in [0.1, 0.15) is 115 Å². The van der Waals surface area contributed by atoms with E-state index in [1.54, 1.807) is 0 Å². The second kappa shape index (κ2) is 18.1. The molecule has 4 heteroatoms. The summed E-state index contributed by atoms with van der Waals surface area (Å²) in [6.45, 7) is 20.2. The van der Waals surface area contributed by atoms with Gasteiger partial charge in [0.25, 0.3) is 0 Å². The zero-order valence-electron chi connectivity index (χ0n) is 24.4. The summed E-state index contributed by atoms with van der Waals surface area (Å²) < 4.78 is 5.92. The van der Waals surface area contributed by atoms with Gasteiger partial charge in [-0.2, -0.15) is 0 Å². The maximum Gasteiger partial charge on any atom is 0.122 e. The van der Waals surface area contributed by atoms with Crippen LogP contribution < -0.4 is 4.74 Å². The van der Waals surface area contributed by atoms with E-state index in [0.717, 1.165) is 57.3 Å². The van der Waals surface area contributed by atoms with E-state index in [-0.39, 0.29) is 11.5 Å². The average Bonchev–Trinajstić information content (AvgIpc) is 2.91. The van der Waals surface area contributed by atoms with Crippen molar-refractivity contribution in [2.45, 2.75) is 119 Å². The predicted octanol–water partition coefficient (Wildman–Crippen LogP) is 9.02. The highest BCUT2D eigenvalue weighted by Gasteiger charge is 2.31. The minimum Gasteiger partial charge on any atom is -0.493 e. The lowest BCUT2D eigenvalue weighted by Gasteiger charge is -2.34. The first kappa shape index (κ1) is 33.8. The minimum absolute atomic E-state index is 0.00632. The Morgan fingerprint density at radius 3 is 1.81 bits per heavy atom. The molecule has 0 spiro atoms. The van der Waals surface area contributed by atoms with E-state index in [9.17, 15) is 5.11 Å². The van der Waals surface area contributed by atoms with E-state index in [0.29, 0.717) is 5.92 Å². The van der Waals surface area contributed by atoms with Crippen LogP contribution in [-0.2, 0) is 11.8 Å². The largest absolute Gasteiger partial charge is 0.493 e. The van der Waals surface area contributed by atoms with Crippen molar-refractivity contribution in [2.75, 3.05) is 6.61 Å². The zero-order chi connectivity index (χ0) is 27.7. The van der Waals surface area contributed by atoms with Crippen molar-refractivity contribution >= 4 is 0 Å². The Balaban J connectivity index is 0.00000291. The van der Waals surface area contributed by atoms with Gasteiger partial charge in [0.2, 0.25) is 0 Å². The first-order valence-corrected chi connectivity index (χ1v) is 14.0. The topological polar surface area (TPSA) is 63.6 Å². The van der Waals surface area contributed by atoms with Gasteiger partial charge in [-0.1, -0.05) is 91.6 Å². The molecule has 36 heavy (non-hydrogen) atoms. The first-order valence-electron chi connectivity index (χ1n) is 14.0. The van der Waals surface area contributed by atoms with E-state index in [1.807, 2.05) is 13.8 Å². The summed E-state index contributed by atoms with van der Waals surface area (Å²) in [4.78, 5) is 14.0. The lowest BCUT2D eigenvalue weighted by molar-refractivity contribution is 0.0945. The number of aliphatic hydroxyl groups is 1.